The third-order valence-corrected chi connectivity index (χ3v) is 4.23. The summed E-state index contributed by atoms with van der Waals surface area (Å²) in [7, 11) is 0. The fraction of sp³-hybridized carbons (Fsp3) is 0.200. The van der Waals surface area contributed by atoms with Gasteiger partial charge in [0.25, 0.3) is 0 Å². The number of primary amides is 1. The molecule has 1 amide bonds. The Morgan fingerprint density at radius 1 is 1.08 bits per heavy atom. The predicted octanol–water partition coefficient (Wildman–Crippen LogP) is 3.58. The standard InChI is InChI=1S/C20H21N3O/c1-15(17-5-3-2-4-6-17)23-14-19(13-22-23)18-10-7-16(8-11-18)9-12-20(21)24/h2-8,10-11,13-15H,9,12H2,1H3,(H2,21,24)/t15-/m0/s1. The molecule has 0 bridgehead atoms. The topological polar surface area (TPSA) is 60.9 Å². The van der Waals surface area contributed by atoms with E-state index < -0.39 is 0 Å². The lowest BCUT2D eigenvalue weighted by Crippen LogP contribution is -2.11. The van der Waals surface area contributed by atoms with E-state index in [-0.39, 0.29) is 11.9 Å². The summed E-state index contributed by atoms with van der Waals surface area (Å²) in [5.74, 6) is -0.268. The second-order valence-electron chi connectivity index (χ2n) is 5.96. The highest BCUT2D eigenvalue weighted by Crippen LogP contribution is 2.23. The van der Waals surface area contributed by atoms with Crippen molar-refractivity contribution >= 4 is 5.91 Å². The third kappa shape index (κ3) is 3.71. The maximum atomic E-state index is 10.9. The van der Waals surface area contributed by atoms with Gasteiger partial charge in [-0.3, -0.25) is 9.48 Å². The molecule has 3 rings (SSSR count). The zero-order valence-electron chi connectivity index (χ0n) is 13.7. The number of nitrogens with two attached hydrogens (primary N) is 1. The van der Waals surface area contributed by atoms with E-state index in [2.05, 4.69) is 42.5 Å². The molecule has 0 saturated carbocycles. The van der Waals surface area contributed by atoms with Crippen molar-refractivity contribution in [2.75, 3.05) is 0 Å². The van der Waals surface area contributed by atoms with E-state index in [9.17, 15) is 4.79 Å². The Morgan fingerprint density at radius 2 is 1.79 bits per heavy atom. The molecule has 0 aliphatic rings. The molecule has 0 saturated heterocycles. The summed E-state index contributed by atoms with van der Waals surface area (Å²) in [4.78, 5) is 10.9. The minimum atomic E-state index is -0.268. The summed E-state index contributed by atoms with van der Waals surface area (Å²) in [6.07, 6.45) is 5.01. The van der Waals surface area contributed by atoms with Crippen LogP contribution in [0.15, 0.2) is 67.0 Å². The molecular formula is C20H21N3O. The van der Waals surface area contributed by atoms with Gasteiger partial charge in [0.15, 0.2) is 0 Å². The van der Waals surface area contributed by atoms with Crippen molar-refractivity contribution in [2.24, 2.45) is 5.73 Å². The molecule has 1 heterocycles. The number of carbonyl (C=O) groups excluding carboxylic acids is 1. The van der Waals surface area contributed by atoms with E-state index >= 15 is 0 Å². The van der Waals surface area contributed by atoms with Crippen molar-refractivity contribution in [2.45, 2.75) is 25.8 Å². The highest BCUT2D eigenvalue weighted by Gasteiger charge is 2.10. The zero-order valence-corrected chi connectivity index (χ0v) is 13.7. The average Bonchev–Trinajstić information content (AvgIpc) is 3.10. The Hall–Kier alpha value is -2.88. The van der Waals surface area contributed by atoms with Gasteiger partial charge in [0, 0.05) is 18.2 Å². The van der Waals surface area contributed by atoms with Crippen LogP contribution in [-0.4, -0.2) is 15.7 Å². The number of amides is 1. The Bertz CT molecular complexity index is 806. The van der Waals surface area contributed by atoms with Crippen molar-refractivity contribution in [3.63, 3.8) is 0 Å². The van der Waals surface area contributed by atoms with Crippen LogP contribution < -0.4 is 5.73 Å². The fourth-order valence-corrected chi connectivity index (χ4v) is 2.71. The van der Waals surface area contributed by atoms with E-state index in [0.717, 1.165) is 16.7 Å². The Morgan fingerprint density at radius 3 is 2.46 bits per heavy atom. The molecule has 4 nitrogen and oxygen atoms in total. The van der Waals surface area contributed by atoms with Crippen LogP contribution in [0.25, 0.3) is 11.1 Å². The molecule has 122 valence electrons. The first-order valence-electron chi connectivity index (χ1n) is 8.10. The van der Waals surface area contributed by atoms with Crippen molar-refractivity contribution in [3.05, 3.63) is 78.1 Å². The summed E-state index contributed by atoms with van der Waals surface area (Å²) in [5, 5.41) is 4.51. The predicted molar refractivity (Wildman–Crippen MR) is 95.4 cm³/mol. The zero-order chi connectivity index (χ0) is 16.9. The van der Waals surface area contributed by atoms with Gasteiger partial charge in [-0.05, 0) is 30.0 Å². The molecule has 1 atom stereocenters. The van der Waals surface area contributed by atoms with E-state index in [1.54, 1.807) is 0 Å². The van der Waals surface area contributed by atoms with Crippen LogP contribution in [0.1, 0.15) is 30.5 Å². The minimum absolute atomic E-state index is 0.190. The van der Waals surface area contributed by atoms with Gasteiger partial charge in [0.2, 0.25) is 5.91 Å². The molecule has 2 aromatic carbocycles. The largest absolute Gasteiger partial charge is 0.370 e. The molecule has 4 heteroatoms. The van der Waals surface area contributed by atoms with Crippen LogP contribution in [-0.2, 0) is 11.2 Å². The number of aryl methyl sites for hydroxylation is 1. The van der Waals surface area contributed by atoms with E-state index in [4.69, 9.17) is 5.73 Å². The van der Waals surface area contributed by atoms with Gasteiger partial charge >= 0.3 is 0 Å². The second kappa shape index (κ2) is 7.13. The molecule has 0 aliphatic heterocycles. The fourth-order valence-electron chi connectivity index (χ4n) is 2.71. The summed E-state index contributed by atoms with van der Waals surface area (Å²) in [6, 6.07) is 18.7. The molecule has 0 radical (unpaired) electrons. The number of rotatable bonds is 6. The van der Waals surface area contributed by atoms with Crippen LogP contribution in [0.2, 0.25) is 0 Å². The second-order valence-corrected chi connectivity index (χ2v) is 5.96. The minimum Gasteiger partial charge on any atom is -0.370 e. The maximum absolute atomic E-state index is 10.9. The summed E-state index contributed by atoms with van der Waals surface area (Å²) in [5.41, 5.74) is 9.73. The molecular weight excluding hydrogens is 298 g/mol. The number of benzene rings is 2. The monoisotopic (exact) mass is 319 g/mol. The number of carbonyl (C=O) groups is 1. The van der Waals surface area contributed by atoms with Crippen LogP contribution in [0.4, 0.5) is 0 Å². The van der Waals surface area contributed by atoms with Gasteiger partial charge < -0.3 is 5.73 Å². The van der Waals surface area contributed by atoms with Crippen LogP contribution >= 0.6 is 0 Å². The lowest BCUT2D eigenvalue weighted by Gasteiger charge is -2.12. The highest BCUT2D eigenvalue weighted by molar-refractivity contribution is 5.74. The van der Waals surface area contributed by atoms with E-state index in [0.29, 0.717) is 12.8 Å². The third-order valence-electron chi connectivity index (χ3n) is 4.23. The molecule has 3 aromatic rings. The van der Waals surface area contributed by atoms with Crippen LogP contribution in [0.3, 0.4) is 0 Å². The van der Waals surface area contributed by atoms with Gasteiger partial charge in [0.1, 0.15) is 0 Å². The maximum Gasteiger partial charge on any atom is 0.217 e. The molecule has 0 spiro atoms. The Labute approximate surface area is 141 Å². The molecule has 24 heavy (non-hydrogen) atoms. The molecule has 0 unspecified atom stereocenters. The smallest absolute Gasteiger partial charge is 0.217 e. The van der Waals surface area contributed by atoms with Crippen LogP contribution in [0, 0.1) is 0 Å². The first-order chi connectivity index (χ1) is 11.6. The van der Waals surface area contributed by atoms with E-state index in [1.807, 2.05) is 41.2 Å². The lowest BCUT2D eigenvalue weighted by atomic mass is 10.0. The molecule has 0 fully saturated rings. The first-order valence-corrected chi connectivity index (χ1v) is 8.10. The summed E-state index contributed by atoms with van der Waals surface area (Å²) >= 11 is 0. The number of hydrogen-bond donors (Lipinski definition) is 1. The van der Waals surface area contributed by atoms with Crippen molar-refractivity contribution in [3.8, 4) is 11.1 Å². The highest BCUT2D eigenvalue weighted by atomic mass is 16.1. The van der Waals surface area contributed by atoms with E-state index in [1.165, 1.54) is 5.56 Å². The lowest BCUT2D eigenvalue weighted by molar-refractivity contribution is -0.117. The normalized spacial score (nSPS) is 12.0. The quantitative estimate of drug-likeness (QED) is 0.755. The average molecular weight is 319 g/mol. The molecule has 0 aliphatic carbocycles. The number of aromatic nitrogens is 2. The Kier molecular flexibility index (Phi) is 4.75. The van der Waals surface area contributed by atoms with Crippen LogP contribution in [0.5, 0.6) is 0 Å². The molecule has 1 aromatic heterocycles. The Balaban J connectivity index is 1.74. The van der Waals surface area contributed by atoms with Gasteiger partial charge in [0.05, 0.1) is 12.2 Å². The number of hydrogen-bond acceptors (Lipinski definition) is 2. The SMILES string of the molecule is C[C@@H](c1ccccc1)n1cc(-c2ccc(CCC(N)=O)cc2)cn1. The van der Waals surface area contributed by atoms with Gasteiger partial charge in [-0.2, -0.15) is 5.10 Å². The molecule has 2 N–H and O–H groups in total. The summed E-state index contributed by atoms with van der Waals surface area (Å²) in [6.45, 7) is 2.14. The summed E-state index contributed by atoms with van der Waals surface area (Å²) < 4.78 is 1.98. The van der Waals surface area contributed by atoms with Gasteiger partial charge in [-0.25, -0.2) is 0 Å². The van der Waals surface area contributed by atoms with Crippen molar-refractivity contribution in [1.29, 1.82) is 0 Å². The van der Waals surface area contributed by atoms with Gasteiger partial charge in [-0.1, -0.05) is 54.6 Å². The number of nitrogens with zero attached hydrogens (tertiary/aromatic N) is 2. The van der Waals surface area contributed by atoms with Crippen molar-refractivity contribution < 1.29 is 4.79 Å². The first kappa shape index (κ1) is 16.0. The van der Waals surface area contributed by atoms with Gasteiger partial charge in [-0.15, -0.1) is 0 Å². The van der Waals surface area contributed by atoms with Crippen molar-refractivity contribution in [1.82, 2.24) is 9.78 Å².